The van der Waals surface area contributed by atoms with Gasteiger partial charge in [0, 0.05) is 23.5 Å². The minimum Gasteiger partial charge on any atom is -0.466 e. The average Bonchev–Trinajstić information content (AvgIpc) is 2.95. The third-order valence-electron chi connectivity index (χ3n) is 3.90. The molecule has 0 amide bonds. The van der Waals surface area contributed by atoms with E-state index in [4.69, 9.17) is 4.74 Å². The van der Waals surface area contributed by atoms with E-state index in [9.17, 15) is 12.8 Å². The van der Waals surface area contributed by atoms with Gasteiger partial charge in [-0.1, -0.05) is 24.3 Å². The molecule has 0 fully saturated rings. The van der Waals surface area contributed by atoms with Crippen LogP contribution in [-0.4, -0.2) is 37.0 Å². The van der Waals surface area contributed by atoms with Crippen LogP contribution >= 0.6 is 0 Å². The summed E-state index contributed by atoms with van der Waals surface area (Å²) in [7, 11) is -3.29. The van der Waals surface area contributed by atoms with Crippen LogP contribution in [0.3, 0.4) is 0 Å². The zero-order valence-electron chi connectivity index (χ0n) is 15.3. The van der Waals surface area contributed by atoms with Crippen LogP contribution in [-0.2, 0) is 21.3 Å². The first kappa shape index (κ1) is 19.2. The molecule has 7 nitrogen and oxygen atoms in total. The molecule has 0 spiro atoms. The molecule has 0 aliphatic carbocycles. The van der Waals surface area contributed by atoms with Crippen LogP contribution < -0.4 is 10.0 Å². The first-order valence-corrected chi connectivity index (χ1v) is 10.2. The van der Waals surface area contributed by atoms with Gasteiger partial charge in [-0.05, 0) is 19.4 Å². The highest BCUT2D eigenvalue weighted by Crippen LogP contribution is 2.32. The molecule has 2 N–H and O–H groups in total. The van der Waals surface area contributed by atoms with Gasteiger partial charge in [-0.15, -0.1) is 0 Å². The van der Waals surface area contributed by atoms with Crippen molar-refractivity contribution in [3.8, 4) is 11.1 Å². The second-order valence-corrected chi connectivity index (χ2v) is 8.57. The summed E-state index contributed by atoms with van der Waals surface area (Å²) in [4.78, 5) is 8.34. The molecule has 144 valence electrons. The van der Waals surface area contributed by atoms with E-state index in [1.165, 1.54) is 0 Å². The largest absolute Gasteiger partial charge is 0.466 e. The summed E-state index contributed by atoms with van der Waals surface area (Å²) in [6.07, 6.45) is 4.34. The van der Waals surface area contributed by atoms with Crippen molar-refractivity contribution in [1.82, 2.24) is 20.0 Å². The van der Waals surface area contributed by atoms with Crippen LogP contribution in [0.2, 0.25) is 0 Å². The van der Waals surface area contributed by atoms with Gasteiger partial charge in [-0.25, -0.2) is 27.5 Å². The first-order valence-electron chi connectivity index (χ1n) is 8.29. The number of sulfonamides is 1. The van der Waals surface area contributed by atoms with Crippen LogP contribution in [0, 0.1) is 0 Å². The van der Waals surface area contributed by atoms with Gasteiger partial charge in [0.2, 0.25) is 10.0 Å². The predicted octanol–water partition coefficient (Wildman–Crippen LogP) is 2.19. The molecular formula is C18H21FN4O3S. The second-order valence-electron chi connectivity index (χ2n) is 6.74. The summed E-state index contributed by atoms with van der Waals surface area (Å²) in [5, 5.41) is 3.02. The fourth-order valence-corrected chi connectivity index (χ4v) is 3.09. The van der Waals surface area contributed by atoms with E-state index in [1.54, 1.807) is 12.4 Å². The lowest BCUT2D eigenvalue weighted by atomic mass is 10.1. The van der Waals surface area contributed by atoms with Crippen LogP contribution in [0.5, 0.6) is 0 Å². The number of alkyl halides is 1. The number of aromatic nitrogens is 2. The Morgan fingerprint density at radius 1 is 1.11 bits per heavy atom. The maximum absolute atomic E-state index is 13.2. The Bertz CT molecular complexity index is 955. The van der Waals surface area contributed by atoms with Crippen molar-refractivity contribution < 1.29 is 17.5 Å². The van der Waals surface area contributed by atoms with Gasteiger partial charge >= 0.3 is 0 Å². The molecule has 0 atom stereocenters. The fraction of sp³-hybridized carbons (Fsp3) is 0.333. The highest BCUT2D eigenvalue weighted by atomic mass is 32.2. The van der Waals surface area contributed by atoms with Gasteiger partial charge in [0.05, 0.1) is 18.5 Å². The van der Waals surface area contributed by atoms with Crippen molar-refractivity contribution >= 4 is 15.8 Å². The number of allylic oxidation sites excluding steroid dienone is 1. The van der Waals surface area contributed by atoms with Crippen LogP contribution in [0.1, 0.15) is 25.2 Å². The van der Waals surface area contributed by atoms with E-state index in [1.807, 2.05) is 38.1 Å². The van der Waals surface area contributed by atoms with Gasteiger partial charge < -0.3 is 10.1 Å². The Balaban J connectivity index is 1.76. The van der Waals surface area contributed by atoms with Gasteiger partial charge in [-0.3, -0.25) is 0 Å². The topological polar surface area (TPSA) is 93.2 Å². The lowest BCUT2D eigenvalue weighted by Crippen LogP contribution is -2.35. The lowest BCUT2D eigenvalue weighted by molar-refractivity contribution is 0.0772. The Kier molecular flexibility index (Phi) is 5.16. The monoisotopic (exact) mass is 392 g/mol. The Morgan fingerprint density at radius 3 is 2.26 bits per heavy atom. The number of nitrogens with zero attached hydrogens (tertiary/aromatic N) is 2. The molecule has 1 aliphatic heterocycles. The Hall–Kier alpha value is -2.52. The second kappa shape index (κ2) is 7.24. The quantitative estimate of drug-likeness (QED) is 0.783. The average molecular weight is 392 g/mol. The maximum atomic E-state index is 13.2. The van der Waals surface area contributed by atoms with Crippen molar-refractivity contribution in [3.05, 3.63) is 53.7 Å². The van der Waals surface area contributed by atoms with Crippen molar-refractivity contribution in [3.63, 3.8) is 0 Å². The Labute approximate surface area is 157 Å². The summed E-state index contributed by atoms with van der Waals surface area (Å²) < 4.78 is 43.6. The van der Waals surface area contributed by atoms with Crippen molar-refractivity contribution in [2.24, 2.45) is 0 Å². The first-order chi connectivity index (χ1) is 12.7. The molecule has 2 aromatic rings. The molecule has 2 heterocycles. The molecule has 0 bridgehead atoms. The van der Waals surface area contributed by atoms with Crippen molar-refractivity contribution in [2.75, 3.05) is 12.9 Å². The van der Waals surface area contributed by atoms with E-state index in [-0.39, 0.29) is 6.54 Å². The van der Waals surface area contributed by atoms with E-state index >= 15 is 0 Å². The number of rotatable bonds is 6. The molecule has 0 radical (unpaired) electrons. The van der Waals surface area contributed by atoms with Gasteiger partial charge in [-0.2, -0.15) is 0 Å². The number of benzene rings is 1. The predicted molar refractivity (Wildman–Crippen MR) is 100 cm³/mol. The fourth-order valence-electron chi connectivity index (χ4n) is 2.69. The molecule has 0 saturated carbocycles. The molecule has 1 aromatic carbocycles. The highest BCUT2D eigenvalue weighted by Gasteiger charge is 2.31. The van der Waals surface area contributed by atoms with Crippen LogP contribution in [0.4, 0.5) is 4.39 Å². The summed E-state index contributed by atoms with van der Waals surface area (Å²) >= 11 is 0. The van der Waals surface area contributed by atoms with Gasteiger partial charge in [0.1, 0.15) is 12.5 Å². The summed E-state index contributed by atoms with van der Waals surface area (Å²) in [6, 6.07) is 7.45. The molecule has 9 heteroatoms. The van der Waals surface area contributed by atoms with Crippen molar-refractivity contribution in [1.29, 1.82) is 0 Å². The SMILES string of the molecule is CC1(C)NC(CF)=C(c2ccc(-c3cnc(CNS(C)(=O)=O)nc3)cc2)O1. The molecule has 27 heavy (non-hydrogen) atoms. The number of hydrogen-bond donors (Lipinski definition) is 2. The van der Waals surface area contributed by atoms with E-state index in [0.717, 1.165) is 22.9 Å². The number of nitrogens with one attached hydrogen (secondary N) is 2. The number of halogens is 1. The van der Waals surface area contributed by atoms with Crippen LogP contribution in [0.25, 0.3) is 16.9 Å². The van der Waals surface area contributed by atoms with Crippen molar-refractivity contribution in [2.45, 2.75) is 26.1 Å². The summed E-state index contributed by atoms with van der Waals surface area (Å²) in [5.41, 5.74) is 2.24. The van der Waals surface area contributed by atoms with E-state index in [2.05, 4.69) is 20.0 Å². The maximum Gasteiger partial charge on any atom is 0.209 e. The van der Waals surface area contributed by atoms with E-state index in [0.29, 0.717) is 17.3 Å². The smallest absolute Gasteiger partial charge is 0.209 e. The third-order valence-corrected chi connectivity index (χ3v) is 4.56. The molecule has 0 unspecified atom stereocenters. The summed E-state index contributed by atoms with van der Waals surface area (Å²) in [5.74, 6) is 0.888. The number of ether oxygens (including phenoxy) is 1. The minimum atomic E-state index is -3.29. The molecular weight excluding hydrogens is 371 g/mol. The van der Waals surface area contributed by atoms with E-state index < -0.39 is 22.4 Å². The summed E-state index contributed by atoms with van der Waals surface area (Å²) in [6.45, 7) is 3.08. The molecule has 0 saturated heterocycles. The zero-order valence-corrected chi connectivity index (χ0v) is 16.1. The number of hydrogen-bond acceptors (Lipinski definition) is 6. The standard InChI is InChI=1S/C18H21FN4O3S/c1-18(2)23-15(8-19)17(26-18)13-6-4-12(5-7-13)14-9-20-16(21-10-14)11-22-27(3,24)25/h4-7,9-10,22-23H,8,11H2,1-3H3. The van der Waals surface area contributed by atoms with Crippen LogP contribution in [0.15, 0.2) is 42.4 Å². The molecule has 3 rings (SSSR count). The molecule has 1 aliphatic rings. The third kappa shape index (κ3) is 4.81. The molecule has 1 aromatic heterocycles. The minimum absolute atomic E-state index is 0.0400. The van der Waals surface area contributed by atoms with Gasteiger partial charge in [0.15, 0.2) is 11.5 Å². The highest BCUT2D eigenvalue weighted by molar-refractivity contribution is 7.88. The zero-order chi connectivity index (χ0) is 19.7. The Morgan fingerprint density at radius 2 is 1.70 bits per heavy atom. The lowest BCUT2D eigenvalue weighted by Gasteiger charge is -2.20. The normalized spacial score (nSPS) is 16.1. The van der Waals surface area contributed by atoms with Gasteiger partial charge in [0.25, 0.3) is 0 Å².